The average Bonchev–Trinajstić information content (AvgIpc) is 3.22. The SMILES string of the molecule is O=S1(=O)c2ccc(-c3cccnc3)cc2[C@@H]2CN(Cc3ccccc3F)C[C@H]21. The van der Waals surface area contributed by atoms with Crippen molar-refractivity contribution in [1.29, 1.82) is 0 Å². The van der Waals surface area contributed by atoms with Gasteiger partial charge in [-0.3, -0.25) is 9.88 Å². The second-order valence-electron chi connectivity index (χ2n) is 7.47. The van der Waals surface area contributed by atoms with E-state index in [1.807, 2.05) is 35.2 Å². The van der Waals surface area contributed by atoms with Crippen molar-refractivity contribution in [2.45, 2.75) is 22.6 Å². The maximum atomic E-state index is 14.0. The van der Waals surface area contributed by atoms with Crippen LogP contribution in [0.3, 0.4) is 0 Å². The van der Waals surface area contributed by atoms with Crippen LogP contribution >= 0.6 is 0 Å². The lowest BCUT2D eigenvalue weighted by Gasteiger charge is -2.18. The summed E-state index contributed by atoms with van der Waals surface area (Å²) in [5, 5.41) is -0.460. The van der Waals surface area contributed by atoms with Gasteiger partial charge < -0.3 is 0 Å². The minimum absolute atomic E-state index is 0.0802. The molecular formula is C22H19FN2O2S. The van der Waals surface area contributed by atoms with Crippen molar-refractivity contribution in [3.63, 3.8) is 0 Å². The number of hydrogen-bond acceptors (Lipinski definition) is 4. The Morgan fingerprint density at radius 2 is 1.89 bits per heavy atom. The Bertz CT molecular complexity index is 1150. The molecule has 2 aliphatic rings. The van der Waals surface area contributed by atoms with Crippen LogP contribution < -0.4 is 0 Å². The first-order valence-corrected chi connectivity index (χ1v) is 10.8. The molecule has 0 amide bonds. The first kappa shape index (κ1) is 17.5. The number of pyridine rings is 1. The van der Waals surface area contributed by atoms with E-state index in [-0.39, 0.29) is 11.7 Å². The van der Waals surface area contributed by atoms with Gasteiger partial charge in [-0.25, -0.2) is 12.8 Å². The van der Waals surface area contributed by atoms with Crippen LogP contribution in [0.15, 0.2) is 71.9 Å². The molecule has 142 valence electrons. The predicted molar refractivity (Wildman–Crippen MR) is 105 cm³/mol. The van der Waals surface area contributed by atoms with Crippen LogP contribution in [0.4, 0.5) is 4.39 Å². The topological polar surface area (TPSA) is 50.3 Å². The van der Waals surface area contributed by atoms with Gasteiger partial charge in [0.15, 0.2) is 9.84 Å². The first-order valence-electron chi connectivity index (χ1n) is 9.28. The normalized spacial score (nSPS) is 22.8. The highest BCUT2D eigenvalue weighted by Gasteiger charge is 2.50. The third kappa shape index (κ3) is 2.75. The highest BCUT2D eigenvalue weighted by atomic mass is 32.2. The van der Waals surface area contributed by atoms with Crippen molar-refractivity contribution in [3.8, 4) is 11.1 Å². The summed E-state index contributed by atoms with van der Waals surface area (Å²) in [4.78, 5) is 6.65. The highest BCUT2D eigenvalue weighted by molar-refractivity contribution is 7.92. The lowest BCUT2D eigenvalue weighted by Crippen LogP contribution is -2.26. The molecule has 0 N–H and O–H groups in total. The number of benzene rings is 2. The van der Waals surface area contributed by atoms with Crippen molar-refractivity contribution < 1.29 is 12.8 Å². The Morgan fingerprint density at radius 3 is 2.68 bits per heavy atom. The molecule has 6 heteroatoms. The molecule has 5 rings (SSSR count). The second kappa shape index (κ2) is 6.50. The second-order valence-corrected chi connectivity index (χ2v) is 9.61. The number of rotatable bonds is 3. The fraction of sp³-hybridized carbons (Fsp3) is 0.227. The summed E-state index contributed by atoms with van der Waals surface area (Å²) in [5.41, 5.74) is 3.41. The Balaban J connectivity index is 1.48. The Kier molecular flexibility index (Phi) is 4.07. The van der Waals surface area contributed by atoms with E-state index in [9.17, 15) is 12.8 Å². The molecule has 0 radical (unpaired) electrons. The molecule has 2 aliphatic heterocycles. The average molecular weight is 394 g/mol. The minimum Gasteiger partial charge on any atom is -0.297 e. The van der Waals surface area contributed by atoms with Gasteiger partial charge in [-0.15, -0.1) is 0 Å². The summed E-state index contributed by atoms with van der Waals surface area (Å²) in [6.07, 6.45) is 3.50. The molecule has 1 saturated heterocycles. The lowest BCUT2D eigenvalue weighted by atomic mass is 9.95. The molecule has 4 nitrogen and oxygen atoms in total. The van der Waals surface area contributed by atoms with E-state index < -0.39 is 15.1 Å². The number of aromatic nitrogens is 1. The number of nitrogens with zero attached hydrogens (tertiary/aromatic N) is 2. The zero-order valence-corrected chi connectivity index (χ0v) is 15.9. The molecule has 0 unspecified atom stereocenters. The quantitative estimate of drug-likeness (QED) is 0.681. The van der Waals surface area contributed by atoms with Gasteiger partial charge in [0.2, 0.25) is 0 Å². The maximum absolute atomic E-state index is 14.0. The van der Waals surface area contributed by atoms with E-state index in [1.54, 1.807) is 30.6 Å². The highest BCUT2D eigenvalue weighted by Crippen LogP contribution is 2.46. The Morgan fingerprint density at radius 1 is 1.04 bits per heavy atom. The minimum atomic E-state index is -3.37. The molecule has 3 heterocycles. The van der Waals surface area contributed by atoms with Crippen molar-refractivity contribution >= 4 is 9.84 Å². The number of likely N-dealkylation sites (tertiary alicyclic amines) is 1. The summed E-state index contributed by atoms with van der Waals surface area (Å²) in [6.45, 7) is 1.47. The summed E-state index contributed by atoms with van der Waals surface area (Å²) in [5.74, 6) is -0.329. The Labute approximate surface area is 163 Å². The van der Waals surface area contributed by atoms with Gasteiger partial charge in [-0.05, 0) is 41.0 Å². The summed E-state index contributed by atoms with van der Waals surface area (Å²) < 4.78 is 40.1. The molecule has 0 bridgehead atoms. The van der Waals surface area contributed by atoms with Gasteiger partial charge in [0.05, 0.1) is 10.1 Å². The number of sulfone groups is 1. The number of fused-ring (bicyclic) bond motifs is 3. The third-order valence-corrected chi connectivity index (χ3v) is 8.06. The van der Waals surface area contributed by atoms with Crippen LogP contribution in [0.25, 0.3) is 11.1 Å². The molecule has 2 atom stereocenters. The van der Waals surface area contributed by atoms with Crippen LogP contribution in [0.1, 0.15) is 17.0 Å². The van der Waals surface area contributed by atoms with Crippen LogP contribution in [0.2, 0.25) is 0 Å². The van der Waals surface area contributed by atoms with Crippen LogP contribution in [0, 0.1) is 5.82 Å². The summed E-state index contributed by atoms with van der Waals surface area (Å²) >= 11 is 0. The van der Waals surface area contributed by atoms with E-state index in [4.69, 9.17) is 0 Å². The number of halogens is 1. The lowest BCUT2D eigenvalue weighted by molar-refractivity contribution is 0.320. The molecule has 1 aromatic heterocycles. The van der Waals surface area contributed by atoms with E-state index in [2.05, 4.69) is 4.98 Å². The Hall–Kier alpha value is -2.57. The van der Waals surface area contributed by atoms with Gasteiger partial charge in [-0.1, -0.05) is 30.3 Å². The molecule has 2 aromatic carbocycles. The van der Waals surface area contributed by atoms with Gasteiger partial charge in [0.25, 0.3) is 0 Å². The molecule has 1 fully saturated rings. The van der Waals surface area contributed by atoms with E-state index in [1.165, 1.54) is 6.07 Å². The molecule has 28 heavy (non-hydrogen) atoms. The van der Waals surface area contributed by atoms with Crippen molar-refractivity contribution in [2.24, 2.45) is 0 Å². The largest absolute Gasteiger partial charge is 0.297 e. The van der Waals surface area contributed by atoms with E-state index >= 15 is 0 Å². The zero-order valence-electron chi connectivity index (χ0n) is 15.1. The van der Waals surface area contributed by atoms with Crippen LogP contribution in [-0.4, -0.2) is 36.6 Å². The van der Waals surface area contributed by atoms with Gasteiger partial charge in [0, 0.05) is 43.5 Å². The van der Waals surface area contributed by atoms with Crippen molar-refractivity contribution in [2.75, 3.05) is 13.1 Å². The first-order chi connectivity index (χ1) is 13.5. The summed E-state index contributed by atoms with van der Waals surface area (Å²) in [6, 6.07) is 16.1. The smallest absolute Gasteiger partial charge is 0.183 e. The van der Waals surface area contributed by atoms with Crippen molar-refractivity contribution in [3.05, 3.63) is 83.9 Å². The zero-order chi connectivity index (χ0) is 19.3. The van der Waals surface area contributed by atoms with Gasteiger partial charge in [0.1, 0.15) is 5.82 Å². The van der Waals surface area contributed by atoms with E-state index in [0.717, 1.165) is 16.7 Å². The third-order valence-electron chi connectivity index (χ3n) is 5.80. The van der Waals surface area contributed by atoms with Crippen LogP contribution in [-0.2, 0) is 16.4 Å². The van der Waals surface area contributed by atoms with Crippen molar-refractivity contribution in [1.82, 2.24) is 9.88 Å². The van der Waals surface area contributed by atoms with Gasteiger partial charge in [-0.2, -0.15) is 0 Å². The predicted octanol–water partition coefficient (Wildman–Crippen LogP) is 3.64. The molecule has 0 saturated carbocycles. The van der Waals surface area contributed by atoms with Crippen LogP contribution in [0.5, 0.6) is 0 Å². The summed E-state index contributed by atoms with van der Waals surface area (Å²) in [7, 11) is -3.37. The standard InChI is InChI=1S/C22H19FN2O2S/c23-20-6-2-1-4-17(20)12-25-13-19-18-10-15(16-5-3-9-24-11-16)7-8-21(18)28(26,27)22(19)14-25/h1-11,19,22H,12-14H2/t19-,22+/m0/s1. The molecular weight excluding hydrogens is 375 g/mol. The molecule has 0 aliphatic carbocycles. The maximum Gasteiger partial charge on any atom is 0.183 e. The molecule has 3 aromatic rings. The fourth-order valence-electron chi connectivity index (χ4n) is 4.44. The fourth-order valence-corrected chi connectivity index (χ4v) is 6.63. The van der Waals surface area contributed by atoms with Gasteiger partial charge >= 0.3 is 0 Å². The molecule has 0 spiro atoms. The van der Waals surface area contributed by atoms with E-state index in [0.29, 0.717) is 30.1 Å². The number of hydrogen-bond donors (Lipinski definition) is 0. The monoisotopic (exact) mass is 394 g/mol.